The minimum absolute atomic E-state index is 0.0711. The van der Waals surface area contributed by atoms with Crippen LogP contribution in [0.3, 0.4) is 0 Å². The Hall–Kier alpha value is -2.50. The van der Waals surface area contributed by atoms with Crippen LogP contribution in [0.2, 0.25) is 5.02 Å². The van der Waals surface area contributed by atoms with Gasteiger partial charge in [0.05, 0.1) is 16.1 Å². The van der Waals surface area contributed by atoms with Crippen molar-refractivity contribution in [1.82, 2.24) is 5.32 Å². The molecule has 0 aromatic heterocycles. The minimum atomic E-state index is -0.154. The number of hydrogen-bond donors (Lipinski definition) is 1. The lowest BCUT2D eigenvalue weighted by molar-refractivity contribution is -0.115. The molecule has 0 atom stereocenters. The molecule has 1 fully saturated rings. The molecule has 2 aliphatic heterocycles. The summed E-state index contributed by atoms with van der Waals surface area (Å²) in [5.41, 5.74) is 6.38. The summed E-state index contributed by atoms with van der Waals surface area (Å²) >= 11 is 8.07. The van der Waals surface area contributed by atoms with E-state index in [0.717, 1.165) is 41.9 Å². The molecular weight excluding hydrogens is 450 g/mol. The van der Waals surface area contributed by atoms with Crippen molar-refractivity contribution >= 4 is 57.5 Å². The summed E-state index contributed by atoms with van der Waals surface area (Å²) in [4.78, 5) is 20.2. The van der Waals surface area contributed by atoms with Crippen LogP contribution in [0.15, 0.2) is 52.4 Å². The third kappa shape index (κ3) is 4.90. The molecule has 2 aromatic rings. The number of nitrogens with one attached hydrogen (secondary N) is 1. The lowest BCUT2D eigenvalue weighted by Crippen LogP contribution is -2.45. The van der Waals surface area contributed by atoms with E-state index >= 15 is 0 Å². The largest absolute Gasteiger partial charge is 0.362 e. The molecule has 0 bridgehead atoms. The molecule has 33 heavy (non-hydrogen) atoms. The molecule has 1 amide bonds. The van der Waals surface area contributed by atoms with Crippen molar-refractivity contribution < 1.29 is 4.79 Å². The van der Waals surface area contributed by atoms with Crippen molar-refractivity contribution in [2.75, 3.05) is 11.4 Å². The van der Waals surface area contributed by atoms with Gasteiger partial charge in [0.1, 0.15) is 0 Å². The number of benzene rings is 2. The highest BCUT2D eigenvalue weighted by Gasteiger charge is 2.31. The van der Waals surface area contributed by atoms with E-state index in [-0.39, 0.29) is 11.4 Å². The first-order valence-corrected chi connectivity index (χ1v) is 12.6. The molecule has 0 saturated carbocycles. The SMILES string of the molecule is CCCN1c2cc(Cl)c(/C=C3/SC(=Nc4ccc(CC)cc4)NC3=O)cc2C(C)=CC1(C)C. The summed E-state index contributed by atoms with van der Waals surface area (Å²) in [5, 5.41) is 4.09. The second kappa shape index (κ2) is 9.40. The maximum absolute atomic E-state index is 12.6. The van der Waals surface area contributed by atoms with Gasteiger partial charge in [-0.3, -0.25) is 4.79 Å². The second-order valence-electron chi connectivity index (χ2n) is 9.03. The Morgan fingerprint density at radius 1 is 1.18 bits per heavy atom. The molecular formula is C27H30ClN3OS. The number of hydrogen-bond acceptors (Lipinski definition) is 4. The molecule has 4 nitrogen and oxygen atoms in total. The van der Waals surface area contributed by atoms with Crippen LogP contribution in [-0.4, -0.2) is 23.2 Å². The minimum Gasteiger partial charge on any atom is -0.362 e. The zero-order chi connectivity index (χ0) is 23.8. The number of amides is 1. The fraction of sp³-hybridized carbons (Fsp3) is 0.333. The molecule has 4 rings (SSSR count). The molecule has 2 aromatic carbocycles. The van der Waals surface area contributed by atoms with Crippen LogP contribution in [0.5, 0.6) is 0 Å². The standard InChI is InChI=1S/C27H30ClN3OS/c1-6-12-31-23-15-22(28)19(13-21(23)17(3)16-27(31,4)5)14-24-25(32)30-26(33-24)29-20-10-8-18(7-2)9-11-20/h8-11,13-16H,6-7,12H2,1-5H3,(H,29,30,32)/b24-14+. The third-order valence-electron chi connectivity index (χ3n) is 6.06. The second-order valence-corrected chi connectivity index (χ2v) is 10.5. The molecule has 0 aliphatic carbocycles. The van der Waals surface area contributed by atoms with E-state index < -0.39 is 0 Å². The van der Waals surface area contributed by atoms with Crippen LogP contribution in [0, 0.1) is 0 Å². The number of carbonyl (C=O) groups excluding carboxylic acids is 1. The van der Waals surface area contributed by atoms with Gasteiger partial charge in [-0.15, -0.1) is 0 Å². The Morgan fingerprint density at radius 3 is 2.58 bits per heavy atom. The van der Waals surface area contributed by atoms with E-state index in [9.17, 15) is 4.79 Å². The van der Waals surface area contributed by atoms with Crippen LogP contribution >= 0.6 is 23.4 Å². The predicted octanol–water partition coefficient (Wildman–Crippen LogP) is 7.21. The van der Waals surface area contributed by atoms with Crippen molar-refractivity contribution in [3.63, 3.8) is 0 Å². The number of amidine groups is 1. The van der Waals surface area contributed by atoms with Gasteiger partial charge < -0.3 is 10.2 Å². The predicted molar refractivity (Wildman–Crippen MR) is 143 cm³/mol. The highest BCUT2D eigenvalue weighted by molar-refractivity contribution is 8.18. The fourth-order valence-electron chi connectivity index (χ4n) is 4.40. The number of fused-ring (bicyclic) bond motifs is 1. The first kappa shape index (κ1) is 23.7. The van der Waals surface area contributed by atoms with Crippen LogP contribution in [0.25, 0.3) is 11.6 Å². The molecule has 2 aliphatic rings. The first-order chi connectivity index (χ1) is 15.7. The van der Waals surface area contributed by atoms with E-state index in [2.05, 4.69) is 74.1 Å². The summed E-state index contributed by atoms with van der Waals surface area (Å²) < 4.78 is 0. The summed E-state index contributed by atoms with van der Waals surface area (Å²) in [7, 11) is 0. The third-order valence-corrected chi connectivity index (χ3v) is 7.29. The maximum Gasteiger partial charge on any atom is 0.264 e. The molecule has 1 saturated heterocycles. The number of thioether (sulfide) groups is 1. The number of aliphatic imine (C=N–C) groups is 1. The monoisotopic (exact) mass is 479 g/mol. The molecule has 0 spiro atoms. The number of nitrogens with zero attached hydrogens (tertiary/aromatic N) is 2. The van der Waals surface area contributed by atoms with Crippen LogP contribution < -0.4 is 10.2 Å². The summed E-state index contributed by atoms with van der Waals surface area (Å²) in [6, 6.07) is 12.2. The molecule has 6 heteroatoms. The molecule has 172 valence electrons. The first-order valence-electron chi connectivity index (χ1n) is 11.4. The lowest BCUT2D eigenvalue weighted by Gasteiger charge is -2.43. The molecule has 0 unspecified atom stereocenters. The van der Waals surface area contributed by atoms with Gasteiger partial charge in [-0.05, 0) is 92.4 Å². The van der Waals surface area contributed by atoms with Gasteiger partial charge >= 0.3 is 0 Å². The van der Waals surface area contributed by atoms with Crippen molar-refractivity contribution in [3.05, 3.63) is 69.1 Å². The number of halogens is 1. The van der Waals surface area contributed by atoms with E-state index in [4.69, 9.17) is 11.6 Å². The van der Waals surface area contributed by atoms with Gasteiger partial charge in [-0.1, -0.05) is 43.7 Å². The Balaban J connectivity index is 1.65. The highest BCUT2D eigenvalue weighted by Crippen LogP contribution is 2.42. The van der Waals surface area contributed by atoms with Gasteiger partial charge in [-0.2, -0.15) is 0 Å². The van der Waals surface area contributed by atoms with Gasteiger partial charge in [0.2, 0.25) is 0 Å². The molecule has 0 radical (unpaired) electrons. The topological polar surface area (TPSA) is 44.7 Å². The molecule has 2 heterocycles. The average Bonchev–Trinajstić information content (AvgIpc) is 3.11. The fourth-order valence-corrected chi connectivity index (χ4v) is 5.45. The summed E-state index contributed by atoms with van der Waals surface area (Å²) in [6.45, 7) is 11.9. The van der Waals surface area contributed by atoms with E-state index in [1.807, 2.05) is 24.3 Å². The Morgan fingerprint density at radius 2 is 1.91 bits per heavy atom. The van der Waals surface area contributed by atoms with Crippen LogP contribution in [0.1, 0.15) is 57.7 Å². The van der Waals surface area contributed by atoms with E-state index in [1.165, 1.54) is 22.9 Å². The average molecular weight is 480 g/mol. The zero-order valence-electron chi connectivity index (χ0n) is 19.8. The highest BCUT2D eigenvalue weighted by atomic mass is 35.5. The van der Waals surface area contributed by atoms with E-state index in [1.54, 1.807) is 0 Å². The van der Waals surface area contributed by atoms with Gasteiger partial charge in [0, 0.05) is 22.8 Å². The normalized spacial score (nSPS) is 19.6. The quantitative estimate of drug-likeness (QED) is 0.461. The smallest absolute Gasteiger partial charge is 0.264 e. The number of aryl methyl sites for hydroxylation is 1. The van der Waals surface area contributed by atoms with Gasteiger partial charge in [-0.25, -0.2) is 4.99 Å². The van der Waals surface area contributed by atoms with Crippen LogP contribution in [-0.2, 0) is 11.2 Å². The number of anilines is 1. The molecule has 1 N–H and O–H groups in total. The maximum atomic E-state index is 12.6. The number of allylic oxidation sites excluding steroid dienone is 1. The van der Waals surface area contributed by atoms with Crippen LogP contribution in [0.4, 0.5) is 11.4 Å². The van der Waals surface area contributed by atoms with E-state index in [0.29, 0.717) is 15.1 Å². The van der Waals surface area contributed by atoms with Crippen molar-refractivity contribution in [2.45, 2.75) is 53.0 Å². The number of carbonyl (C=O) groups is 1. The van der Waals surface area contributed by atoms with Crippen molar-refractivity contribution in [2.24, 2.45) is 4.99 Å². The zero-order valence-corrected chi connectivity index (χ0v) is 21.4. The van der Waals surface area contributed by atoms with Gasteiger partial charge in [0.25, 0.3) is 5.91 Å². The van der Waals surface area contributed by atoms with Gasteiger partial charge in [0.15, 0.2) is 5.17 Å². The number of rotatable bonds is 5. The summed E-state index contributed by atoms with van der Waals surface area (Å²) in [5.74, 6) is -0.154. The lowest BCUT2D eigenvalue weighted by atomic mass is 9.87. The van der Waals surface area contributed by atoms with Crippen molar-refractivity contribution in [3.8, 4) is 0 Å². The Bertz CT molecular complexity index is 1180. The summed E-state index contributed by atoms with van der Waals surface area (Å²) in [6.07, 6.45) is 6.21. The Kier molecular flexibility index (Phi) is 6.73. The Labute approximate surface area is 205 Å². The van der Waals surface area contributed by atoms with Crippen molar-refractivity contribution in [1.29, 1.82) is 0 Å².